The highest BCUT2D eigenvalue weighted by molar-refractivity contribution is 6.02. The summed E-state index contributed by atoms with van der Waals surface area (Å²) in [5.74, 6) is -1.17. The quantitative estimate of drug-likeness (QED) is 0.769. The van der Waals surface area contributed by atoms with Crippen LogP contribution in [0.2, 0.25) is 0 Å². The van der Waals surface area contributed by atoms with Crippen LogP contribution in [-0.4, -0.2) is 58.5 Å². The van der Waals surface area contributed by atoms with Gasteiger partial charge in [0.2, 0.25) is 0 Å². The smallest absolute Gasteiger partial charge is 0.309 e. The molecule has 0 radical (unpaired) electrons. The maximum Gasteiger partial charge on any atom is 0.309 e. The Morgan fingerprint density at radius 3 is 2.44 bits per heavy atom. The number of hydrogen-bond acceptors (Lipinski definition) is 4. The van der Waals surface area contributed by atoms with Crippen molar-refractivity contribution in [2.45, 2.75) is 52.6 Å². The number of aliphatic carboxylic acids is 1. The van der Waals surface area contributed by atoms with Crippen molar-refractivity contribution in [3.8, 4) is 0 Å². The van der Waals surface area contributed by atoms with Crippen molar-refractivity contribution in [1.29, 1.82) is 0 Å². The lowest BCUT2D eigenvalue weighted by Gasteiger charge is -2.35. The topological polar surface area (TPSA) is 99.7 Å². The normalized spacial score (nSPS) is 23.6. The number of hydrogen-bond donors (Lipinski definition) is 2. The number of nitrogens with zero attached hydrogens (tertiary/aromatic N) is 1. The van der Waals surface area contributed by atoms with Crippen LogP contribution in [0.4, 0.5) is 0 Å². The number of carboxylic acids is 1. The lowest BCUT2D eigenvalue weighted by molar-refractivity contribution is -0.145. The highest BCUT2D eigenvalue weighted by Gasteiger charge is 2.41. The van der Waals surface area contributed by atoms with E-state index in [-0.39, 0.29) is 23.7 Å². The van der Waals surface area contributed by atoms with Crippen LogP contribution < -0.4 is 0 Å². The second-order valence-electron chi connectivity index (χ2n) is 7.59. The first-order chi connectivity index (χ1) is 12.8. The van der Waals surface area contributed by atoms with E-state index >= 15 is 0 Å². The largest absolute Gasteiger partial charge is 0.481 e. The summed E-state index contributed by atoms with van der Waals surface area (Å²) in [6, 6.07) is 0. The summed E-state index contributed by atoms with van der Waals surface area (Å²) >= 11 is 0. The van der Waals surface area contributed by atoms with E-state index in [1.54, 1.807) is 4.90 Å². The molecule has 2 N–H and O–H groups in total. The first-order valence-corrected chi connectivity index (χ1v) is 9.71. The van der Waals surface area contributed by atoms with E-state index in [2.05, 4.69) is 4.98 Å². The fraction of sp³-hybridized carbons (Fsp3) is 0.650. The Bertz CT molecular complexity index is 746. The van der Waals surface area contributed by atoms with Gasteiger partial charge in [0.15, 0.2) is 5.78 Å². The van der Waals surface area contributed by atoms with Crippen molar-refractivity contribution < 1.29 is 24.2 Å². The number of carbonyl (C=O) groups is 3. The number of rotatable bonds is 5. The minimum Gasteiger partial charge on any atom is -0.481 e. The van der Waals surface area contributed by atoms with Crippen LogP contribution in [0.3, 0.4) is 0 Å². The zero-order chi connectivity index (χ0) is 19.7. The molecule has 7 nitrogen and oxygen atoms in total. The summed E-state index contributed by atoms with van der Waals surface area (Å²) in [6.07, 6.45) is 2.41. The van der Waals surface area contributed by atoms with Crippen molar-refractivity contribution >= 4 is 17.7 Å². The van der Waals surface area contributed by atoms with Crippen LogP contribution in [0.1, 0.15) is 65.2 Å². The number of carboxylic acid groups (broad SMARTS) is 1. The second-order valence-corrected chi connectivity index (χ2v) is 7.59. The number of ketones is 1. The molecule has 2 fully saturated rings. The van der Waals surface area contributed by atoms with Crippen LogP contribution >= 0.6 is 0 Å². The van der Waals surface area contributed by atoms with Gasteiger partial charge in [0, 0.05) is 31.0 Å². The average Bonchev–Trinajstić information content (AvgIpc) is 3.25. The van der Waals surface area contributed by atoms with Gasteiger partial charge in [-0.3, -0.25) is 14.4 Å². The van der Waals surface area contributed by atoms with Crippen LogP contribution in [0.25, 0.3) is 0 Å². The molecule has 1 aromatic heterocycles. The molecule has 2 aliphatic heterocycles. The molecule has 0 aliphatic carbocycles. The summed E-state index contributed by atoms with van der Waals surface area (Å²) in [6.45, 7) is 6.94. The number of likely N-dealkylation sites (tertiary alicyclic amines) is 1. The van der Waals surface area contributed by atoms with Gasteiger partial charge in [0.1, 0.15) is 5.69 Å². The maximum atomic E-state index is 13.0. The molecule has 0 spiro atoms. The van der Waals surface area contributed by atoms with Gasteiger partial charge in [-0.2, -0.15) is 0 Å². The zero-order valence-corrected chi connectivity index (χ0v) is 16.2. The number of amides is 1. The van der Waals surface area contributed by atoms with Gasteiger partial charge >= 0.3 is 5.97 Å². The maximum absolute atomic E-state index is 13.0. The van der Waals surface area contributed by atoms with Gasteiger partial charge in [0.05, 0.1) is 12.0 Å². The Morgan fingerprint density at radius 2 is 1.89 bits per heavy atom. The second kappa shape index (κ2) is 7.84. The Hall–Kier alpha value is -2.15. The van der Waals surface area contributed by atoms with Gasteiger partial charge in [-0.15, -0.1) is 0 Å². The van der Waals surface area contributed by atoms with E-state index in [0.29, 0.717) is 43.8 Å². The Labute approximate surface area is 159 Å². The zero-order valence-electron chi connectivity index (χ0n) is 16.2. The number of ether oxygens (including phenoxy) is 1. The molecule has 3 heterocycles. The first kappa shape index (κ1) is 19.6. The molecule has 7 heteroatoms. The highest BCUT2D eigenvalue weighted by Crippen LogP contribution is 2.34. The monoisotopic (exact) mass is 376 g/mol. The Morgan fingerprint density at radius 1 is 1.22 bits per heavy atom. The van der Waals surface area contributed by atoms with Crippen molar-refractivity contribution in [2.75, 3.05) is 19.7 Å². The molecule has 1 amide bonds. The minimum absolute atomic E-state index is 0.0311. The van der Waals surface area contributed by atoms with E-state index < -0.39 is 11.9 Å². The minimum atomic E-state index is -0.790. The molecule has 3 rings (SSSR count). The van der Waals surface area contributed by atoms with Crippen LogP contribution in [-0.2, 0) is 16.0 Å². The molecule has 0 bridgehead atoms. The Balaban J connectivity index is 1.70. The number of piperidine rings is 1. The number of Topliss-reactive ketones (excluding diaryl/α,β-unsaturated/α-hetero) is 1. The number of H-pyrrole nitrogens is 1. The molecule has 27 heavy (non-hydrogen) atoms. The number of aromatic amines is 1. The lowest BCUT2D eigenvalue weighted by atomic mass is 9.84. The van der Waals surface area contributed by atoms with Crippen molar-refractivity contribution in [3.63, 3.8) is 0 Å². The number of carbonyl (C=O) groups excluding carboxylic acids is 2. The van der Waals surface area contributed by atoms with E-state index in [1.165, 1.54) is 6.92 Å². The van der Waals surface area contributed by atoms with Crippen LogP contribution in [0.15, 0.2) is 0 Å². The number of aromatic nitrogens is 1. The average molecular weight is 376 g/mol. The standard InChI is InChI=1S/C20H28N2O5/c1-4-14-16(12(3)23)11(2)21-17(14)19(24)22-8-5-13(6-9-22)18-15(20(25)26)7-10-27-18/h13,15,18,21H,4-10H2,1-3H3,(H,25,26)/t15?,18-/m0/s1. The Kier molecular flexibility index (Phi) is 5.69. The SMILES string of the molecule is CCc1c(C(=O)N2CCC([C@@H]3OCCC3C(=O)O)CC2)[nH]c(C)c1C(C)=O. The molecule has 1 unspecified atom stereocenters. The first-order valence-electron chi connectivity index (χ1n) is 9.71. The van der Waals surface area contributed by atoms with Gasteiger partial charge in [-0.25, -0.2) is 0 Å². The third kappa shape index (κ3) is 3.65. The van der Waals surface area contributed by atoms with Gasteiger partial charge < -0.3 is 19.7 Å². The van der Waals surface area contributed by atoms with E-state index in [4.69, 9.17) is 4.74 Å². The molecule has 0 saturated carbocycles. The van der Waals surface area contributed by atoms with Crippen molar-refractivity contribution in [2.24, 2.45) is 11.8 Å². The molecular weight excluding hydrogens is 348 g/mol. The molecule has 2 atom stereocenters. The number of nitrogens with one attached hydrogen (secondary N) is 1. The van der Waals surface area contributed by atoms with Crippen molar-refractivity contribution in [1.82, 2.24) is 9.88 Å². The molecular formula is C20H28N2O5. The summed E-state index contributed by atoms with van der Waals surface area (Å²) in [5, 5.41) is 9.36. The molecule has 2 aliphatic rings. The van der Waals surface area contributed by atoms with E-state index in [1.807, 2.05) is 13.8 Å². The predicted octanol–water partition coefficient (Wildman–Crippen LogP) is 2.43. The lowest BCUT2D eigenvalue weighted by Crippen LogP contribution is -2.43. The van der Waals surface area contributed by atoms with Gasteiger partial charge in [-0.1, -0.05) is 6.92 Å². The van der Waals surface area contributed by atoms with E-state index in [0.717, 1.165) is 24.1 Å². The summed E-state index contributed by atoms with van der Waals surface area (Å²) in [5.41, 5.74) is 2.66. The highest BCUT2D eigenvalue weighted by atomic mass is 16.5. The van der Waals surface area contributed by atoms with Gasteiger partial charge in [0.25, 0.3) is 5.91 Å². The summed E-state index contributed by atoms with van der Waals surface area (Å²) in [7, 11) is 0. The summed E-state index contributed by atoms with van der Waals surface area (Å²) < 4.78 is 5.70. The predicted molar refractivity (Wildman–Crippen MR) is 99.0 cm³/mol. The van der Waals surface area contributed by atoms with Gasteiger partial charge in [-0.05, 0) is 51.0 Å². The molecule has 1 aromatic rings. The fourth-order valence-corrected chi connectivity index (χ4v) is 4.62. The number of aryl methyl sites for hydroxylation is 1. The third-order valence-corrected chi connectivity index (χ3v) is 5.95. The fourth-order valence-electron chi connectivity index (χ4n) is 4.62. The molecule has 2 saturated heterocycles. The third-order valence-electron chi connectivity index (χ3n) is 5.95. The van der Waals surface area contributed by atoms with E-state index in [9.17, 15) is 19.5 Å². The molecule has 148 valence electrons. The summed E-state index contributed by atoms with van der Waals surface area (Å²) in [4.78, 5) is 41.3. The van der Waals surface area contributed by atoms with Crippen LogP contribution in [0.5, 0.6) is 0 Å². The van der Waals surface area contributed by atoms with Crippen molar-refractivity contribution in [3.05, 3.63) is 22.5 Å². The van der Waals surface area contributed by atoms with Crippen LogP contribution in [0, 0.1) is 18.8 Å². The molecule has 0 aromatic carbocycles.